The van der Waals surface area contributed by atoms with E-state index in [1.165, 1.54) is 6.07 Å². The molecule has 1 saturated heterocycles. The number of piperidine rings is 1. The van der Waals surface area contributed by atoms with Gasteiger partial charge in [-0.15, -0.1) is 0 Å². The van der Waals surface area contributed by atoms with Gasteiger partial charge in [-0.2, -0.15) is 18.4 Å². The van der Waals surface area contributed by atoms with Crippen molar-refractivity contribution >= 4 is 11.6 Å². The third-order valence-electron chi connectivity index (χ3n) is 4.84. The maximum Gasteiger partial charge on any atom is 0.416 e. The van der Waals surface area contributed by atoms with Crippen molar-refractivity contribution in [2.45, 2.75) is 25.6 Å². The Balaban J connectivity index is 1.59. The monoisotopic (exact) mass is 388 g/mol. The molecular weight excluding hydrogens is 369 g/mol. The van der Waals surface area contributed by atoms with Crippen LogP contribution in [0, 0.1) is 17.2 Å². The van der Waals surface area contributed by atoms with E-state index in [9.17, 15) is 23.2 Å². The Hall–Kier alpha value is -3.08. The maximum atomic E-state index is 12.8. The van der Waals surface area contributed by atoms with Gasteiger partial charge < -0.3 is 10.2 Å². The summed E-state index contributed by atoms with van der Waals surface area (Å²) < 4.78 is 38.5. The van der Waals surface area contributed by atoms with Crippen LogP contribution in [0.3, 0.4) is 0 Å². The Kier molecular flexibility index (Phi) is 5.83. The quantitative estimate of drug-likeness (QED) is 0.870. The van der Waals surface area contributed by atoms with E-state index in [2.05, 4.69) is 10.3 Å². The number of carbonyl (C=O) groups is 1. The number of nitrogens with one attached hydrogen (secondary N) is 1. The Morgan fingerprint density at radius 2 is 2.04 bits per heavy atom. The van der Waals surface area contributed by atoms with Gasteiger partial charge in [-0.1, -0.05) is 6.07 Å². The Morgan fingerprint density at radius 1 is 1.29 bits per heavy atom. The second kappa shape index (κ2) is 8.30. The van der Waals surface area contributed by atoms with E-state index in [-0.39, 0.29) is 17.4 Å². The summed E-state index contributed by atoms with van der Waals surface area (Å²) in [4.78, 5) is 18.2. The molecule has 2 aromatic rings. The Bertz CT molecular complexity index is 869. The van der Waals surface area contributed by atoms with E-state index in [0.717, 1.165) is 17.7 Å². The predicted molar refractivity (Wildman–Crippen MR) is 97.2 cm³/mol. The lowest BCUT2D eigenvalue weighted by Gasteiger charge is -2.33. The molecule has 0 saturated carbocycles. The van der Waals surface area contributed by atoms with Gasteiger partial charge in [-0.25, -0.2) is 0 Å². The third-order valence-corrected chi connectivity index (χ3v) is 4.84. The van der Waals surface area contributed by atoms with Crippen LogP contribution in [0.2, 0.25) is 0 Å². The highest BCUT2D eigenvalue weighted by molar-refractivity contribution is 5.79. The second-order valence-electron chi connectivity index (χ2n) is 6.68. The minimum Gasteiger partial charge on any atom is -0.370 e. The first kappa shape index (κ1) is 19.7. The first-order valence-corrected chi connectivity index (χ1v) is 8.91. The van der Waals surface area contributed by atoms with Gasteiger partial charge >= 0.3 is 6.18 Å². The summed E-state index contributed by atoms with van der Waals surface area (Å²) in [5.41, 5.74) is 0.549. The number of carbonyl (C=O) groups excluding carboxylic acids is 1. The molecule has 28 heavy (non-hydrogen) atoms. The summed E-state index contributed by atoms with van der Waals surface area (Å²) in [6.07, 6.45) is 0.0215. The smallest absolute Gasteiger partial charge is 0.370 e. The average Bonchev–Trinajstić information content (AvgIpc) is 2.71. The lowest BCUT2D eigenvalue weighted by Crippen LogP contribution is -2.40. The van der Waals surface area contributed by atoms with Crippen LogP contribution in [0.15, 0.2) is 42.7 Å². The summed E-state index contributed by atoms with van der Waals surface area (Å²) in [6, 6.07) is 8.74. The van der Waals surface area contributed by atoms with Crippen molar-refractivity contribution < 1.29 is 18.0 Å². The van der Waals surface area contributed by atoms with Gasteiger partial charge in [0.1, 0.15) is 6.07 Å². The molecule has 0 bridgehead atoms. The maximum absolute atomic E-state index is 12.8. The van der Waals surface area contributed by atoms with Gasteiger partial charge in [0.2, 0.25) is 5.91 Å². The molecule has 1 fully saturated rings. The third kappa shape index (κ3) is 4.60. The first-order chi connectivity index (χ1) is 13.4. The molecular formula is C20H19F3N4O. The largest absolute Gasteiger partial charge is 0.416 e. The molecule has 0 unspecified atom stereocenters. The number of hydrogen-bond acceptors (Lipinski definition) is 4. The van der Waals surface area contributed by atoms with Crippen molar-refractivity contribution in [1.29, 1.82) is 5.26 Å². The fourth-order valence-corrected chi connectivity index (χ4v) is 3.30. The Labute approximate surface area is 160 Å². The van der Waals surface area contributed by atoms with Gasteiger partial charge in [0.25, 0.3) is 0 Å². The molecule has 1 aromatic carbocycles. The second-order valence-corrected chi connectivity index (χ2v) is 6.68. The van der Waals surface area contributed by atoms with Crippen molar-refractivity contribution in [3.05, 3.63) is 59.4 Å². The number of anilines is 1. The van der Waals surface area contributed by atoms with E-state index < -0.39 is 11.7 Å². The molecule has 1 amide bonds. The molecule has 0 spiro atoms. The van der Waals surface area contributed by atoms with Gasteiger partial charge in [0.05, 0.1) is 16.8 Å². The predicted octanol–water partition coefficient (Wildman–Crippen LogP) is 3.50. The summed E-state index contributed by atoms with van der Waals surface area (Å²) in [6.45, 7) is 1.42. The Morgan fingerprint density at radius 3 is 2.64 bits per heavy atom. The highest BCUT2D eigenvalue weighted by Gasteiger charge is 2.32. The van der Waals surface area contributed by atoms with Gasteiger partial charge in [0.15, 0.2) is 0 Å². The van der Waals surface area contributed by atoms with Crippen molar-refractivity contribution in [2.75, 3.05) is 18.0 Å². The molecule has 3 rings (SSSR count). The lowest BCUT2D eigenvalue weighted by atomic mass is 9.94. The standard InChI is InChI=1S/C20H19F3N4O/c21-20(22,23)17-3-4-18(16(10-17)11-24)27-8-5-15(6-9-27)19(28)26-13-14-2-1-7-25-12-14/h1-4,7,10,12,15H,5-6,8-9,13H2,(H,26,28). The number of hydrogen-bond donors (Lipinski definition) is 1. The van der Waals surface area contributed by atoms with Gasteiger partial charge in [-0.05, 0) is 42.7 Å². The fraction of sp³-hybridized carbons (Fsp3) is 0.350. The molecule has 2 heterocycles. The van der Waals surface area contributed by atoms with Gasteiger partial charge in [0, 0.05) is 37.9 Å². The van der Waals surface area contributed by atoms with Crippen molar-refractivity contribution in [2.24, 2.45) is 5.92 Å². The number of pyridine rings is 1. The normalized spacial score (nSPS) is 15.1. The zero-order valence-electron chi connectivity index (χ0n) is 15.0. The molecule has 1 aliphatic rings. The number of rotatable bonds is 4. The number of alkyl halides is 3. The number of halogens is 3. The molecule has 5 nitrogen and oxygen atoms in total. The highest BCUT2D eigenvalue weighted by Crippen LogP contribution is 2.34. The zero-order valence-corrected chi connectivity index (χ0v) is 15.0. The molecule has 1 aromatic heterocycles. The van der Waals surface area contributed by atoms with Crippen LogP contribution in [0.1, 0.15) is 29.5 Å². The highest BCUT2D eigenvalue weighted by atomic mass is 19.4. The molecule has 1 aliphatic heterocycles. The lowest BCUT2D eigenvalue weighted by molar-refractivity contribution is -0.137. The molecule has 146 valence electrons. The summed E-state index contributed by atoms with van der Waals surface area (Å²) in [7, 11) is 0. The van der Waals surface area contributed by atoms with Crippen molar-refractivity contribution in [1.82, 2.24) is 10.3 Å². The van der Waals surface area contributed by atoms with Gasteiger partial charge in [-0.3, -0.25) is 9.78 Å². The summed E-state index contributed by atoms with van der Waals surface area (Å²) in [5, 5.41) is 12.1. The van der Waals surface area contributed by atoms with Crippen LogP contribution in [0.25, 0.3) is 0 Å². The van der Waals surface area contributed by atoms with Crippen LogP contribution in [-0.2, 0) is 17.5 Å². The minimum atomic E-state index is -4.48. The first-order valence-electron chi connectivity index (χ1n) is 8.91. The van der Waals surface area contributed by atoms with Crippen LogP contribution in [0.4, 0.5) is 18.9 Å². The minimum absolute atomic E-state index is 0.00527. The number of benzene rings is 1. The van der Waals surface area contributed by atoms with Crippen LogP contribution in [0.5, 0.6) is 0 Å². The molecule has 0 atom stereocenters. The molecule has 0 radical (unpaired) electrons. The van der Waals surface area contributed by atoms with Crippen LogP contribution < -0.4 is 10.2 Å². The molecule has 8 heteroatoms. The van der Waals surface area contributed by atoms with E-state index in [4.69, 9.17) is 0 Å². The van der Waals surface area contributed by atoms with E-state index in [0.29, 0.717) is 38.2 Å². The average molecular weight is 388 g/mol. The zero-order chi connectivity index (χ0) is 20.1. The molecule has 0 aliphatic carbocycles. The number of nitrogens with zero attached hydrogens (tertiary/aromatic N) is 3. The van der Waals surface area contributed by atoms with E-state index >= 15 is 0 Å². The number of nitriles is 1. The SMILES string of the molecule is N#Cc1cc(C(F)(F)F)ccc1N1CCC(C(=O)NCc2cccnc2)CC1. The summed E-state index contributed by atoms with van der Waals surface area (Å²) in [5.74, 6) is -0.204. The van der Waals surface area contributed by atoms with Crippen molar-refractivity contribution in [3.8, 4) is 6.07 Å². The van der Waals surface area contributed by atoms with Crippen LogP contribution >= 0.6 is 0 Å². The fourth-order valence-electron chi connectivity index (χ4n) is 3.30. The number of aromatic nitrogens is 1. The van der Waals surface area contributed by atoms with E-state index in [1.807, 2.05) is 17.0 Å². The van der Waals surface area contributed by atoms with E-state index in [1.54, 1.807) is 18.5 Å². The van der Waals surface area contributed by atoms with Crippen molar-refractivity contribution in [3.63, 3.8) is 0 Å². The topological polar surface area (TPSA) is 69.0 Å². The van der Waals surface area contributed by atoms with Crippen LogP contribution in [-0.4, -0.2) is 24.0 Å². The molecule has 1 N–H and O–H groups in total. The number of amides is 1. The summed E-state index contributed by atoms with van der Waals surface area (Å²) >= 11 is 0.